The first kappa shape index (κ1) is 10.3. The largest absolute Gasteiger partial charge is 0.317 e. The van der Waals surface area contributed by atoms with Crippen LogP contribution in [0, 0.1) is 0 Å². The maximum absolute atomic E-state index is 6.64. The zero-order valence-electron chi connectivity index (χ0n) is 9.64. The van der Waals surface area contributed by atoms with E-state index in [4.69, 9.17) is 5.73 Å². The molecule has 2 aromatic carbocycles. The molecule has 3 rings (SSSR count). The third-order valence-electron chi connectivity index (χ3n) is 3.47. The van der Waals surface area contributed by atoms with Crippen LogP contribution in [0.3, 0.4) is 0 Å². The van der Waals surface area contributed by atoms with Crippen LogP contribution in [0.15, 0.2) is 60.7 Å². The number of nitrogens with two attached hydrogens (primary N) is 1. The van der Waals surface area contributed by atoms with Crippen molar-refractivity contribution < 1.29 is 0 Å². The Balaban J connectivity index is 2.19. The monoisotopic (exact) mass is 221 g/mol. The van der Waals surface area contributed by atoms with E-state index < -0.39 is 0 Å². The van der Waals surface area contributed by atoms with Gasteiger partial charge in [-0.25, -0.2) is 0 Å². The number of fused-ring (bicyclic) bond motifs is 1. The van der Waals surface area contributed by atoms with Crippen LogP contribution >= 0.6 is 0 Å². The molecule has 0 amide bonds. The Morgan fingerprint density at radius 3 is 2.41 bits per heavy atom. The second-order valence-electron chi connectivity index (χ2n) is 4.53. The Hall–Kier alpha value is -1.86. The van der Waals surface area contributed by atoms with Gasteiger partial charge in [0, 0.05) is 0 Å². The summed E-state index contributed by atoms with van der Waals surface area (Å²) in [6.45, 7) is 0. The molecular formula is C16H15N. The Kier molecular flexibility index (Phi) is 2.34. The lowest BCUT2D eigenvalue weighted by atomic mass is 9.76. The molecule has 1 atom stereocenters. The average Bonchev–Trinajstić information content (AvgIpc) is 2.40. The molecule has 0 heterocycles. The van der Waals surface area contributed by atoms with Crippen molar-refractivity contribution in [3.05, 3.63) is 77.4 Å². The van der Waals surface area contributed by atoms with E-state index >= 15 is 0 Å². The Morgan fingerprint density at radius 1 is 0.882 bits per heavy atom. The minimum absolute atomic E-state index is 0.382. The Labute approximate surface area is 102 Å². The molecule has 2 N–H and O–H groups in total. The number of hydrogen-bond acceptors (Lipinski definition) is 1. The second-order valence-corrected chi connectivity index (χ2v) is 4.53. The quantitative estimate of drug-likeness (QED) is 0.785. The van der Waals surface area contributed by atoms with Gasteiger partial charge in [-0.05, 0) is 23.1 Å². The minimum Gasteiger partial charge on any atom is -0.317 e. The van der Waals surface area contributed by atoms with Crippen LogP contribution in [0.25, 0.3) is 6.08 Å². The van der Waals surface area contributed by atoms with Gasteiger partial charge in [-0.2, -0.15) is 0 Å². The van der Waals surface area contributed by atoms with E-state index in [1.165, 1.54) is 16.7 Å². The molecule has 0 spiro atoms. The molecule has 0 aliphatic heterocycles. The predicted molar refractivity (Wildman–Crippen MR) is 71.5 cm³/mol. The average molecular weight is 221 g/mol. The smallest absolute Gasteiger partial charge is 0.0706 e. The fraction of sp³-hybridized carbons (Fsp3) is 0.125. The summed E-state index contributed by atoms with van der Waals surface area (Å²) in [6.07, 6.45) is 5.17. The van der Waals surface area contributed by atoms with E-state index in [9.17, 15) is 0 Å². The highest BCUT2D eigenvalue weighted by molar-refractivity contribution is 5.61. The number of benzene rings is 2. The third-order valence-corrected chi connectivity index (χ3v) is 3.47. The summed E-state index contributed by atoms with van der Waals surface area (Å²) in [5, 5.41) is 0. The Morgan fingerprint density at radius 2 is 1.59 bits per heavy atom. The van der Waals surface area contributed by atoms with Gasteiger partial charge in [-0.15, -0.1) is 0 Å². The second kappa shape index (κ2) is 3.86. The number of rotatable bonds is 1. The third kappa shape index (κ3) is 1.60. The van der Waals surface area contributed by atoms with Crippen molar-refractivity contribution in [2.45, 2.75) is 12.0 Å². The molecule has 0 fully saturated rings. The van der Waals surface area contributed by atoms with Crippen molar-refractivity contribution in [2.24, 2.45) is 5.73 Å². The van der Waals surface area contributed by atoms with Crippen LogP contribution < -0.4 is 5.73 Å². The van der Waals surface area contributed by atoms with Crippen molar-refractivity contribution in [1.29, 1.82) is 0 Å². The molecule has 2 aromatic rings. The van der Waals surface area contributed by atoms with E-state index in [0.29, 0.717) is 0 Å². The molecule has 1 nitrogen and oxygen atoms in total. The summed E-state index contributed by atoms with van der Waals surface area (Å²) in [4.78, 5) is 0. The van der Waals surface area contributed by atoms with Gasteiger partial charge in [-0.1, -0.05) is 66.7 Å². The lowest BCUT2D eigenvalue weighted by Gasteiger charge is -2.33. The van der Waals surface area contributed by atoms with Gasteiger partial charge in [0.1, 0.15) is 0 Å². The van der Waals surface area contributed by atoms with E-state index in [1.807, 2.05) is 18.2 Å². The molecule has 0 bridgehead atoms. The first-order valence-corrected chi connectivity index (χ1v) is 5.91. The predicted octanol–water partition coefficient (Wildman–Crippen LogP) is 3.31. The van der Waals surface area contributed by atoms with Gasteiger partial charge < -0.3 is 5.73 Å². The summed E-state index contributed by atoms with van der Waals surface area (Å²) in [5.41, 5.74) is 9.88. The maximum Gasteiger partial charge on any atom is 0.0706 e. The van der Waals surface area contributed by atoms with Gasteiger partial charge >= 0.3 is 0 Å². The van der Waals surface area contributed by atoms with Crippen LogP contribution in [0.2, 0.25) is 0 Å². The summed E-state index contributed by atoms with van der Waals surface area (Å²) in [7, 11) is 0. The Bertz CT molecular complexity index is 557. The van der Waals surface area contributed by atoms with E-state index in [-0.39, 0.29) is 5.54 Å². The zero-order chi connectivity index (χ0) is 11.7. The van der Waals surface area contributed by atoms with Crippen molar-refractivity contribution in [2.75, 3.05) is 0 Å². The molecule has 0 saturated carbocycles. The maximum atomic E-state index is 6.64. The minimum atomic E-state index is -0.382. The van der Waals surface area contributed by atoms with Crippen LogP contribution in [0.4, 0.5) is 0 Å². The highest BCUT2D eigenvalue weighted by Gasteiger charge is 2.31. The molecule has 1 unspecified atom stereocenters. The van der Waals surface area contributed by atoms with Crippen molar-refractivity contribution in [3.63, 3.8) is 0 Å². The van der Waals surface area contributed by atoms with Gasteiger partial charge in [0.15, 0.2) is 0 Å². The van der Waals surface area contributed by atoms with Crippen LogP contribution in [-0.4, -0.2) is 0 Å². The fourth-order valence-corrected chi connectivity index (χ4v) is 2.54. The first-order valence-electron chi connectivity index (χ1n) is 5.91. The molecule has 0 aromatic heterocycles. The normalized spacial score (nSPS) is 22.2. The standard InChI is InChI=1S/C16H15N/c17-16(14-9-2-1-3-10-14)12-6-8-13-7-4-5-11-15(13)16/h1-11H,12,17H2. The first-order chi connectivity index (χ1) is 8.31. The molecule has 1 aliphatic rings. The molecular weight excluding hydrogens is 206 g/mol. The van der Waals surface area contributed by atoms with Crippen LogP contribution in [-0.2, 0) is 5.54 Å². The van der Waals surface area contributed by atoms with Gasteiger partial charge in [0.05, 0.1) is 5.54 Å². The summed E-state index contributed by atoms with van der Waals surface area (Å²) < 4.78 is 0. The van der Waals surface area contributed by atoms with Crippen molar-refractivity contribution in [3.8, 4) is 0 Å². The lowest BCUT2D eigenvalue weighted by molar-refractivity contribution is 0.542. The summed E-state index contributed by atoms with van der Waals surface area (Å²) >= 11 is 0. The molecule has 0 radical (unpaired) electrons. The molecule has 1 heteroatoms. The molecule has 84 valence electrons. The molecule has 17 heavy (non-hydrogen) atoms. The van der Waals surface area contributed by atoms with Gasteiger partial charge in [0.25, 0.3) is 0 Å². The number of hydrogen-bond donors (Lipinski definition) is 1. The fourth-order valence-electron chi connectivity index (χ4n) is 2.54. The van der Waals surface area contributed by atoms with Crippen molar-refractivity contribution >= 4 is 6.08 Å². The highest BCUT2D eigenvalue weighted by atomic mass is 14.7. The van der Waals surface area contributed by atoms with Crippen molar-refractivity contribution in [1.82, 2.24) is 0 Å². The summed E-state index contributed by atoms with van der Waals surface area (Å²) in [5.74, 6) is 0. The topological polar surface area (TPSA) is 26.0 Å². The lowest BCUT2D eigenvalue weighted by Crippen LogP contribution is -2.39. The zero-order valence-corrected chi connectivity index (χ0v) is 9.64. The van der Waals surface area contributed by atoms with Gasteiger partial charge in [-0.3, -0.25) is 0 Å². The molecule has 1 aliphatic carbocycles. The van der Waals surface area contributed by atoms with E-state index in [0.717, 1.165) is 6.42 Å². The molecule has 0 saturated heterocycles. The SMILES string of the molecule is NC1(c2ccccc2)CC=Cc2ccccc21. The highest BCUT2D eigenvalue weighted by Crippen LogP contribution is 2.36. The van der Waals surface area contributed by atoms with Gasteiger partial charge in [0.2, 0.25) is 0 Å². The van der Waals surface area contributed by atoms with Crippen LogP contribution in [0.5, 0.6) is 0 Å². The van der Waals surface area contributed by atoms with Crippen LogP contribution in [0.1, 0.15) is 23.1 Å². The van der Waals surface area contributed by atoms with E-state index in [2.05, 4.69) is 48.6 Å². The summed E-state index contributed by atoms with van der Waals surface area (Å²) in [6, 6.07) is 18.7. The van der Waals surface area contributed by atoms with E-state index in [1.54, 1.807) is 0 Å².